The van der Waals surface area contributed by atoms with Crippen molar-refractivity contribution in [2.24, 2.45) is 17.8 Å². The number of carbonyl (C=O) groups is 1. The summed E-state index contributed by atoms with van der Waals surface area (Å²) in [7, 11) is 0. The van der Waals surface area contributed by atoms with Gasteiger partial charge in [0, 0.05) is 35.8 Å². The Morgan fingerprint density at radius 1 is 1.41 bits per heavy atom. The minimum absolute atomic E-state index is 0.186. The summed E-state index contributed by atoms with van der Waals surface area (Å²) in [6.45, 7) is 8.44. The third kappa shape index (κ3) is 2.01. The molecule has 0 radical (unpaired) electrons. The Kier molecular flexibility index (Phi) is 2.95. The van der Waals surface area contributed by atoms with Gasteiger partial charge in [-0.1, -0.05) is 19.9 Å². The zero-order valence-electron chi connectivity index (χ0n) is 13.5. The quantitative estimate of drug-likeness (QED) is 0.942. The molecule has 3 heterocycles. The molecule has 3 atom stereocenters. The monoisotopic (exact) mass is 297 g/mol. The predicted octanol–water partition coefficient (Wildman–Crippen LogP) is 2.34. The molecule has 1 saturated carbocycles. The first-order valence-electron chi connectivity index (χ1n) is 8.15. The fraction of sp³-hybridized carbons (Fsp3) is 0.556. The Labute approximate surface area is 130 Å². The third-order valence-electron chi connectivity index (χ3n) is 5.50. The SMILES string of the molecule is Cc1cccn2c(C(C)(C)CC(=O)C3[C@H]4CNC[C@@H]34)cnc12. The van der Waals surface area contributed by atoms with Crippen LogP contribution in [0.25, 0.3) is 5.65 Å². The largest absolute Gasteiger partial charge is 0.316 e. The standard InChI is InChI=1S/C18H23N3O/c1-11-5-4-6-21-15(10-20-17(11)21)18(2,3)7-14(22)16-12-8-19-9-13(12)16/h4-6,10,12-13,16,19H,7-9H2,1-3H3/t12-,13+,16?. The molecule has 2 aliphatic rings. The van der Waals surface area contributed by atoms with Crippen molar-refractivity contribution in [2.75, 3.05) is 13.1 Å². The fourth-order valence-corrected chi connectivity index (χ4v) is 4.19. The summed E-state index contributed by atoms with van der Waals surface area (Å²) in [5.74, 6) is 1.95. The highest BCUT2D eigenvalue weighted by Crippen LogP contribution is 2.50. The van der Waals surface area contributed by atoms with Crippen molar-refractivity contribution in [1.82, 2.24) is 14.7 Å². The fourth-order valence-electron chi connectivity index (χ4n) is 4.19. The first-order valence-corrected chi connectivity index (χ1v) is 8.15. The molecule has 0 bridgehead atoms. The number of pyridine rings is 1. The Bertz CT molecular complexity index is 736. The van der Waals surface area contributed by atoms with Crippen LogP contribution in [0, 0.1) is 24.7 Å². The van der Waals surface area contributed by atoms with Crippen LogP contribution < -0.4 is 5.32 Å². The zero-order chi connectivity index (χ0) is 15.5. The molecule has 1 N–H and O–H groups in total. The lowest BCUT2D eigenvalue weighted by atomic mass is 9.82. The van der Waals surface area contributed by atoms with Gasteiger partial charge in [-0.2, -0.15) is 0 Å². The van der Waals surface area contributed by atoms with Crippen LogP contribution in [0.15, 0.2) is 24.5 Å². The minimum atomic E-state index is -0.186. The van der Waals surface area contributed by atoms with Gasteiger partial charge in [-0.25, -0.2) is 4.98 Å². The van der Waals surface area contributed by atoms with E-state index in [1.165, 1.54) is 5.56 Å². The summed E-state index contributed by atoms with van der Waals surface area (Å²) < 4.78 is 2.14. The number of carbonyl (C=O) groups excluding carboxylic acids is 1. The van der Waals surface area contributed by atoms with Gasteiger partial charge < -0.3 is 9.72 Å². The molecule has 1 aliphatic heterocycles. The predicted molar refractivity (Wildman–Crippen MR) is 85.9 cm³/mol. The average molecular weight is 297 g/mol. The molecule has 0 spiro atoms. The maximum atomic E-state index is 12.7. The molecule has 2 aromatic rings. The van der Waals surface area contributed by atoms with E-state index in [0.717, 1.165) is 24.4 Å². The topological polar surface area (TPSA) is 46.4 Å². The summed E-state index contributed by atoms with van der Waals surface area (Å²) in [6.07, 6.45) is 4.59. The van der Waals surface area contributed by atoms with Gasteiger partial charge in [0.1, 0.15) is 11.4 Å². The first kappa shape index (κ1) is 13.9. The van der Waals surface area contributed by atoms with E-state index in [9.17, 15) is 4.79 Å². The maximum absolute atomic E-state index is 12.7. The molecule has 0 amide bonds. The summed E-state index contributed by atoms with van der Waals surface area (Å²) in [5, 5.41) is 3.36. The van der Waals surface area contributed by atoms with Gasteiger partial charge in [0.2, 0.25) is 0 Å². The minimum Gasteiger partial charge on any atom is -0.316 e. The molecule has 0 aromatic carbocycles. The number of rotatable bonds is 4. The van der Waals surface area contributed by atoms with Crippen molar-refractivity contribution < 1.29 is 4.79 Å². The number of hydrogen-bond acceptors (Lipinski definition) is 3. The van der Waals surface area contributed by atoms with Crippen molar-refractivity contribution in [3.05, 3.63) is 35.8 Å². The molecular weight excluding hydrogens is 274 g/mol. The highest BCUT2D eigenvalue weighted by Gasteiger charge is 2.56. The highest BCUT2D eigenvalue weighted by molar-refractivity contribution is 5.86. The Hall–Kier alpha value is -1.68. The number of ketones is 1. The molecule has 4 heteroatoms. The smallest absolute Gasteiger partial charge is 0.139 e. The van der Waals surface area contributed by atoms with E-state index >= 15 is 0 Å². The normalized spacial score (nSPS) is 27.1. The van der Waals surface area contributed by atoms with Crippen molar-refractivity contribution in [1.29, 1.82) is 0 Å². The number of fused-ring (bicyclic) bond motifs is 2. The number of aryl methyl sites for hydroxylation is 1. The molecule has 2 fully saturated rings. The van der Waals surface area contributed by atoms with Crippen LogP contribution in [0.2, 0.25) is 0 Å². The van der Waals surface area contributed by atoms with Gasteiger partial charge in [0.25, 0.3) is 0 Å². The van der Waals surface area contributed by atoms with Crippen LogP contribution >= 0.6 is 0 Å². The second kappa shape index (κ2) is 4.66. The highest BCUT2D eigenvalue weighted by atomic mass is 16.1. The zero-order valence-corrected chi connectivity index (χ0v) is 13.5. The Morgan fingerprint density at radius 3 is 2.86 bits per heavy atom. The molecule has 22 heavy (non-hydrogen) atoms. The van der Waals surface area contributed by atoms with E-state index in [-0.39, 0.29) is 5.41 Å². The summed E-state index contributed by atoms with van der Waals surface area (Å²) >= 11 is 0. The number of hydrogen-bond donors (Lipinski definition) is 1. The molecule has 1 saturated heterocycles. The van der Waals surface area contributed by atoms with E-state index in [4.69, 9.17) is 0 Å². The van der Waals surface area contributed by atoms with Crippen LogP contribution in [-0.4, -0.2) is 28.3 Å². The number of nitrogens with one attached hydrogen (secondary N) is 1. The maximum Gasteiger partial charge on any atom is 0.139 e. The van der Waals surface area contributed by atoms with Gasteiger partial charge >= 0.3 is 0 Å². The van der Waals surface area contributed by atoms with E-state index in [1.54, 1.807) is 0 Å². The van der Waals surface area contributed by atoms with Crippen LogP contribution in [-0.2, 0) is 10.2 Å². The molecule has 2 aromatic heterocycles. The number of imidazole rings is 1. The van der Waals surface area contributed by atoms with E-state index in [2.05, 4.69) is 41.5 Å². The van der Waals surface area contributed by atoms with Crippen molar-refractivity contribution in [3.8, 4) is 0 Å². The van der Waals surface area contributed by atoms with Gasteiger partial charge in [-0.05, 0) is 43.5 Å². The van der Waals surface area contributed by atoms with Crippen molar-refractivity contribution in [2.45, 2.75) is 32.6 Å². The second-order valence-corrected chi connectivity index (χ2v) is 7.57. The Morgan fingerprint density at radius 2 is 2.14 bits per heavy atom. The van der Waals surface area contributed by atoms with E-state index < -0.39 is 0 Å². The second-order valence-electron chi connectivity index (χ2n) is 7.57. The van der Waals surface area contributed by atoms with E-state index in [1.807, 2.05) is 18.5 Å². The molecule has 1 unspecified atom stereocenters. The third-order valence-corrected chi connectivity index (χ3v) is 5.50. The van der Waals surface area contributed by atoms with Crippen molar-refractivity contribution >= 4 is 11.4 Å². The van der Waals surface area contributed by atoms with Crippen LogP contribution in [0.5, 0.6) is 0 Å². The van der Waals surface area contributed by atoms with Crippen LogP contribution in [0.1, 0.15) is 31.5 Å². The summed E-state index contributed by atoms with van der Waals surface area (Å²) in [4.78, 5) is 17.2. The Balaban J connectivity index is 1.59. The lowest BCUT2D eigenvalue weighted by molar-refractivity contribution is -0.122. The van der Waals surface area contributed by atoms with Crippen molar-refractivity contribution in [3.63, 3.8) is 0 Å². The lowest BCUT2D eigenvalue weighted by Gasteiger charge is -2.24. The molecule has 1 aliphatic carbocycles. The molecular formula is C18H23N3O. The molecule has 4 rings (SSSR count). The molecule has 4 nitrogen and oxygen atoms in total. The van der Waals surface area contributed by atoms with Gasteiger partial charge in [-0.15, -0.1) is 0 Å². The lowest BCUT2D eigenvalue weighted by Crippen LogP contribution is -2.27. The number of piperidine rings is 1. The van der Waals surface area contributed by atoms with Crippen LogP contribution in [0.3, 0.4) is 0 Å². The number of aromatic nitrogens is 2. The van der Waals surface area contributed by atoms with Gasteiger partial charge in [0.05, 0.1) is 0 Å². The van der Waals surface area contributed by atoms with E-state index in [0.29, 0.717) is 30.0 Å². The first-order chi connectivity index (χ1) is 10.5. The van der Waals surface area contributed by atoms with Crippen LogP contribution in [0.4, 0.5) is 0 Å². The summed E-state index contributed by atoms with van der Waals surface area (Å²) in [5.41, 5.74) is 3.10. The summed E-state index contributed by atoms with van der Waals surface area (Å²) in [6, 6.07) is 4.12. The van der Waals surface area contributed by atoms with Gasteiger partial charge in [0.15, 0.2) is 0 Å². The average Bonchev–Trinajstić information content (AvgIpc) is 2.85. The molecule has 116 valence electrons. The van der Waals surface area contributed by atoms with Gasteiger partial charge in [-0.3, -0.25) is 4.79 Å². The number of Topliss-reactive ketones (excluding diaryl/α,β-unsaturated/α-hetero) is 1. The number of nitrogens with zero attached hydrogens (tertiary/aromatic N) is 2.